The molecular formula is C13H20N2O2S2. The summed E-state index contributed by atoms with van der Waals surface area (Å²) in [5.74, 6) is 1.37. The summed E-state index contributed by atoms with van der Waals surface area (Å²) in [6.07, 6.45) is 0.684. The van der Waals surface area contributed by atoms with Crippen LogP contribution < -0.4 is 10.0 Å². The van der Waals surface area contributed by atoms with Gasteiger partial charge in [0.1, 0.15) is 0 Å². The molecule has 0 spiro atoms. The van der Waals surface area contributed by atoms with Gasteiger partial charge in [0.05, 0.1) is 11.4 Å². The third kappa shape index (κ3) is 3.36. The summed E-state index contributed by atoms with van der Waals surface area (Å²) in [5, 5.41) is 0. The van der Waals surface area contributed by atoms with E-state index in [4.69, 9.17) is 5.73 Å². The van der Waals surface area contributed by atoms with Gasteiger partial charge in [0.15, 0.2) is 0 Å². The molecule has 0 saturated heterocycles. The molecule has 0 bridgehead atoms. The zero-order chi connectivity index (χ0) is 14.0. The monoisotopic (exact) mass is 300 g/mol. The van der Waals surface area contributed by atoms with Crippen LogP contribution >= 0.6 is 11.8 Å². The molecule has 0 amide bonds. The molecule has 1 heterocycles. The van der Waals surface area contributed by atoms with Crippen LogP contribution in [0.3, 0.4) is 0 Å². The number of nitrogen functional groups attached to an aromatic ring is 1. The summed E-state index contributed by atoms with van der Waals surface area (Å²) in [6, 6.07) is 5.48. The van der Waals surface area contributed by atoms with Crippen molar-refractivity contribution in [3.8, 4) is 0 Å². The normalized spacial score (nSPS) is 15.6. The average Bonchev–Trinajstić information content (AvgIpc) is 2.35. The number of hydrogen-bond donors (Lipinski definition) is 1. The molecule has 0 aliphatic carbocycles. The van der Waals surface area contributed by atoms with Crippen molar-refractivity contribution in [1.82, 2.24) is 0 Å². The van der Waals surface area contributed by atoms with Gasteiger partial charge in [-0.05, 0) is 30.5 Å². The Hall–Kier alpha value is -0.880. The van der Waals surface area contributed by atoms with Gasteiger partial charge in [-0.1, -0.05) is 13.8 Å². The van der Waals surface area contributed by atoms with Crippen LogP contribution in [-0.4, -0.2) is 26.5 Å². The van der Waals surface area contributed by atoms with Gasteiger partial charge < -0.3 is 5.73 Å². The van der Waals surface area contributed by atoms with Gasteiger partial charge in [-0.2, -0.15) is 0 Å². The minimum Gasteiger partial charge on any atom is -0.399 e. The zero-order valence-electron chi connectivity index (χ0n) is 11.3. The van der Waals surface area contributed by atoms with Gasteiger partial charge in [0.2, 0.25) is 10.0 Å². The van der Waals surface area contributed by atoms with E-state index in [0.29, 0.717) is 24.6 Å². The number of fused-ring (bicyclic) bond motifs is 1. The Morgan fingerprint density at radius 3 is 2.84 bits per heavy atom. The Morgan fingerprint density at radius 2 is 2.16 bits per heavy atom. The van der Waals surface area contributed by atoms with Crippen molar-refractivity contribution in [2.45, 2.75) is 25.2 Å². The standard InChI is InChI=1S/C13H20N2O2S2/c1-10(2)5-8-19(16,17)15-6-7-18-13-4-3-11(14)9-12(13)15/h3-4,9-10H,5-8,14H2,1-2H3. The number of nitrogens with two attached hydrogens (primary N) is 1. The summed E-state index contributed by atoms with van der Waals surface area (Å²) in [4.78, 5) is 0.994. The summed E-state index contributed by atoms with van der Waals surface area (Å²) in [5.41, 5.74) is 7.12. The first kappa shape index (κ1) is 14.5. The number of hydrogen-bond acceptors (Lipinski definition) is 4. The third-order valence-corrected chi connectivity index (χ3v) is 5.94. The molecule has 2 rings (SSSR count). The topological polar surface area (TPSA) is 63.4 Å². The quantitative estimate of drug-likeness (QED) is 0.868. The molecule has 0 atom stereocenters. The van der Waals surface area contributed by atoms with Crippen LogP contribution in [0.1, 0.15) is 20.3 Å². The molecule has 0 saturated carbocycles. The minimum atomic E-state index is -3.24. The third-order valence-electron chi connectivity index (χ3n) is 3.09. The summed E-state index contributed by atoms with van der Waals surface area (Å²) in [6.45, 7) is 4.60. The number of anilines is 2. The van der Waals surface area contributed by atoms with Gasteiger partial charge in [-0.3, -0.25) is 4.31 Å². The van der Waals surface area contributed by atoms with Crippen LogP contribution in [0.4, 0.5) is 11.4 Å². The highest BCUT2D eigenvalue weighted by Gasteiger charge is 2.27. The van der Waals surface area contributed by atoms with E-state index in [2.05, 4.69) is 0 Å². The van der Waals surface area contributed by atoms with E-state index in [1.54, 1.807) is 17.8 Å². The van der Waals surface area contributed by atoms with E-state index in [-0.39, 0.29) is 5.75 Å². The molecule has 0 aromatic heterocycles. The van der Waals surface area contributed by atoms with Crippen molar-refractivity contribution in [3.63, 3.8) is 0 Å². The maximum atomic E-state index is 12.4. The van der Waals surface area contributed by atoms with E-state index < -0.39 is 10.0 Å². The van der Waals surface area contributed by atoms with Crippen LogP contribution in [0, 0.1) is 5.92 Å². The minimum absolute atomic E-state index is 0.198. The summed E-state index contributed by atoms with van der Waals surface area (Å²) < 4.78 is 26.4. The predicted octanol–water partition coefficient (Wildman–Crippen LogP) is 2.56. The fraction of sp³-hybridized carbons (Fsp3) is 0.538. The number of benzene rings is 1. The molecule has 6 heteroatoms. The molecule has 19 heavy (non-hydrogen) atoms. The van der Waals surface area contributed by atoms with Gasteiger partial charge >= 0.3 is 0 Å². The molecule has 0 fully saturated rings. The second-order valence-corrected chi connectivity index (χ2v) is 8.30. The van der Waals surface area contributed by atoms with Crippen LogP contribution in [0.5, 0.6) is 0 Å². The fourth-order valence-electron chi connectivity index (χ4n) is 1.99. The molecule has 1 aromatic rings. The first-order valence-electron chi connectivity index (χ1n) is 6.43. The van der Waals surface area contributed by atoms with Crippen molar-refractivity contribution in [1.29, 1.82) is 0 Å². The molecule has 4 nitrogen and oxygen atoms in total. The van der Waals surface area contributed by atoms with Crippen LogP contribution in [-0.2, 0) is 10.0 Å². The van der Waals surface area contributed by atoms with Crippen molar-refractivity contribution in [3.05, 3.63) is 18.2 Å². The van der Waals surface area contributed by atoms with E-state index in [9.17, 15) is 8.42 Å². The summed E-state index contributed by atoms with van der Waals surface area (Å²) >= 11 is 1.68. The van der Waals surface area contributed by atoms with E-state index >= 15 is 0 Å². The zero-order valence-corrected chi connectivity index (χ0v) is 12.9. The first-order valence-corrected chi connectivity index (χ1v) is 9.02. The highest BCUT2D eigenvalue weighted by atomic mass is 32.2. The lowest BCUT2D eigenvalue weighted by Crippen LogP contribution is -2.37. The maximum absolute atomic E-state index is 12.4. The Labute approximate surface area is 119 Å². The first-order chi connectivity index (χ1) is 8.90. The second kappa shape index (κ2) is 5.63. The molecule has 2 N–H and O–H groups in total. The maximum Gasteiger partial charge on any atom is 0.235 e. The Balaban J connectivity index is 2.30. The second-order valence-electron chi connectivity index (χ2n) is 5.15. The van der Waals surface area contributed by atoms with Crippen molar-refractivity contribution in [2.75, 3.05) is 28.1 Å². The van der Waals surface area contributed by atoms with Crippen LogP contribution in [0.15, 0.2) is 23.1 Å². The predicted molar refractivity (Wildman–Crippen MR) is 82.2 cm³/mol. The van der Waals surface area contributed by atoms with Gasteiger partial charge in [-0.15, -0.1) is 11.8 Å². The lowest BCUT2D eigenvalue weighted by Gasteiger charge is -2.30. The largest absolute Gasteiger partial charge is 0.399 e. The highest BCUT2D eigenvalue weighted by Crippen LogP contribution is 2.37. The molecule has 1 aromatic carbocycles. The fourth-order valence-corrected chi connectivity index (χ4v) is 4.95. The van der Waals surface area contributed by atoms with E-state index in [1.165, 1.54) is 4.31 Å². The highest BCUT2D eigenvalue weighted by molar-refractivity contribution is 8.00. The van der Waals surface area contributed by atoms with Crippen molar-refractivity contribution < 1.29 is 8.42 Å². The van der Waals surface area contributed by atoms with Gasteiger partial charge in [-0.25, -0.2) is 8.42 Å². The molecule has 0 radical (unpaired) electrons. The number of sulfonamides is 1. The molecule has 1 aliphatic rings. The number of rotatable bonds is 4. The van der Waals surface area contributed by atoms with Gasteiger partial charge in [0.25, 0.3) is 0 Å². The Morgan fingerprint density at radius 1 is 1.42 bits per heavy atom. The molecular weight excluding hydrogens is 280 g/mol. The number of thioether (sulfide) groups is 1. The number of nitrogens with zero attached hydrogens (tertiary/aromatic N) is 1. The molecule has 0 unspecified atom stereocenters. The Bertz CT molecular complexity index is 556. The van der Waals surface area contributed by atoms with Crippen molar-refractivity contribution >= 4 is 33.2 Å². The molecule has 106 valence electrons. The van der Waals surface area contributed by atoms with Crippen LogP contribution in [0.25, 0.3) is 0 Å². The van der Waals surface area contributed by atoms with Crippen molar-refractivity contribution in [2.24, 2.45) is 5.92 Å². The summed E-state index contributed by atoms with van der Waals surface area (Å²) in [7, 11) is -3.24. The Kier molecular flexibility index (Phi) is 4.30. The average molecular weight is 300 g/mol. The SMILES string of the molecule is CC(C)CCS(=O)(=O)N1CCSc2ccc(N)cc21. The van der Waals surface area contributed by atoms with E-state index in [1.807, 2.05) is 26.0 Å². The van der Waals surface area contributed by atoms with Gasteiger partial charge in [0, 0.05) is 22.9 Å². The smallest absolute Gasteiger partial charge is 0.235 e. The molecule has 1 aliphatic heterocycles. The van der Waals surface area contributed by atoms with E-state index in [0.717, 1.165) is 16.3 Å². The lowest BCUT2D eigenvalue weighted by atomic mass is 10.2. The lowest BCUT2D eigenvalue weighted by molar-refractivity contribution is 0.570. The van der Waals surface area contributed by atoms with Crippen LogP contribution in [0.2, 0.25) is 0 Å².